The lowest BCUT2D eigenvalue weighted by Gasteiger charge is -2.12. The van der Waals surface area contributed by atoms with E-state index in [2.05, 4.69) is 17.4 Å². The summed E-state index contributed by atoms with van der Waals surface area (Å²) in [5.74, 6) is 0.843. The minimum absolute atomic E-state index is 0.0240. The first-order valence-corrected chi connectivity index (χ1v) is 9.21. The second-order valence-corrected chi connectivity index (χ2v) is 7.14. The van der Waals surface area contributed by atoms with E-state index in [0.717, 1.165) is 16.0 Å². The highest BCUT2D eigenvalue weighted by Gasteiger charge is 2.13. The van der Waals surface area contributed by atoms with Gasteiger partial charge in [-0.05, 0) is 42.0 Å². The summed E-state index contributed by atoms with van der Waals surface area (Å²) in [6, 6.07) is 24.1. The molecule has 1 N–H and O–H groups in total. The van der Waals surface area contributed by atoms with Gasteiger partial charge in [-0.15, -0.1) is 11.8 Å². The average molecular weight is 351 g/mol. The van der Waals surface area contributed by atoms with Gasteiger partial charge in [-0.25, -0.2) is 0 Å². The van der Waals surface area contributed by atoms with Crippen LogP contribution >= 0.6 is 11.8 Å². The first kappa shape index (κ1) is 17.4. The van der Waals surface area contributed by atoms with Crippen LogP contribution in [0.25, 0.3) is 10.8 Å². The standard InChI is InChI=1S/C21H21NO2S/c1-16(25-20-9-3-2-4-10-20)21(23)22-13-14-24-19-12-11-17-7-5-6-8-18(17)15-19/h2-12,15-16H,13-14H2,1H3,(H,22,23)/t16-/m1/s1. The molecule has 1 atom stereocenters. The quantitative estimate of drug-likeness (QED) is 0.502. The summed E-state index contributed by atoms with van der Waals surface area (Å²) in [7, 11) is 0. The summed E-state index contributed by atoms with van der Waals surface area (Å²) < 4.78 is 5.74. The highest BCUT2D eigenvalue weighted by molar-refractivity contribution is 8.00. The normalized spacial score (nSPS) is 11.9. The number of amides is 1. The van der Waals surface area contributed by atoms with Crippen LogP contribution in [0.15, 0.2) is 77.7 Å². The van der Waals surface area contributed by atoms with Crippen LogP contribution in [0.4, 0.5) is 0 Å². The molecule has 3 rings (SSSR count). The van der Waals surface area contributed by atoms with Gasteiger partial charge in [0.25, 0.3) is 0 Å². The van der Waals surface area contributed by atoms with Gasteiger partial charge in [-0.1, -0.05) is 48.5 Å². The molecule has 3 aromatic carbocycles. The zero-order valence-electron chi connectivity index (χ0n) is 14.1. The van der Waals surface area contributed by atoms with Gasteiger partial charge >= 0.3 is 0 Å². The summed E-state index contributed by atoms with van der Waals surface area (Å²) in [6.07, 6.45) is 0. The number of rotatable bonds is 7. The Labute approximate surface area is 152 Å². The molecule has 25 heavy (non-hydrogen) atoms. The van der Waals surface area contributed by atoms with Gasteiger partial charge in [0.1, 0.15) is 12.4 Å². The molecular weight excluding hydrogens is 330 g/mol. The average Bonchev–Trinajstić information content (AvgIpc) is 2.65. The molecular formula is C21H21NO2S. The molecule has 0 heterocycles. The number of carbonyl (C=O) groups is 1. The molecule has 128 valence electrons. The fourth-order valence-corrected chi connectivity index (χ4v) is 3.41. The Morgan fingerprint density at radius 1 is 1.00 bits per heavy atom. The number of hydrogen-bond donors (Lipinski definition) is 1. The Morgan fingerprint density at radius 2 is 1.72 bits per heavy atom. The van der Waals surface area contributed by atoms with Gasteiger partial charge in [-0.2, -0.15) is 0 Å². The van der Waals surface area contributed by atoms with Crippen molar-refractivity contribution in [2.75, 3.05) is 13.2 Å². The molecule has 0 saturated heterocycles. The van der Waals surface area contributed by atoms with Gasteiger partial charge < -0.3 is 10.1 Å². The number of fused-ring (bicyclic) bond motifs is 1. The molecule has 0 unspecified atom stereocenters. The zero-order chi connectivity index (χ0) is 17.5. The largest absolute Gasteiger partial charge is 0.492 e. The lowest BCUT2D eigenvalue weighted by Crippen LogP contribution is -2.33. The van der Waals surface area contributed by atoms with Crippen molar-refractivity contribution in [1.82, 2.24) is 5.32 Å². The van der Waals surface area contributed by atoms with Gasteiger partial charge in [0.05, 0.1) is 11.8 Å². The van der Waals surface area contributed by atoms with Crippen LogP contribution in [0.3, 0.4) is 0 Å². The van der Waals surface area contributed by atoms with Crippen molar-refractivity contribution in [3.05, 3.63) is 72.8 Å². The number of benzene rings is 3. The number of thioether (sulfide) groups is 1. The van der Waals surface area contributed by atoms with E-state index < -0.39 is 0 Å². The predicted molar refractivity (Wildman–Crippen MR) is 104 cm³/mol. The predicted octanol–water partition coefficient (Wildman–Crippen LogP) is 4.52. The van der Waals surface area contributed by atoms with Gasteiger partial charge in [-0.3, -0.25) is 4.79 Å². The topological polar surface area (TPSA) is 38.3 Å². The van der Waals surface area contributed by atoms with E-state index in [-0.39, 0.29) is 11.2 Å². The van der Waals surface area contributed by atoms with Crippen molar-refractivity contribution in [2.24, 2.45) is 0 Å². The Bertz CT molecular complexity index is 835. The molecule has 0 bridgehead atoms. The smallest absolute Gasteiger partial charge is 0.233 e. The number of ether oxygens (including phenoxy) is 1. The second kappa shape index (κ2) is 8.58. The molecule has 3 nitrogen and oxygen atoms in total. The van der Waals surface area contributed by atoms with E-state index in [1.807, 2.05) is 67.6 Å². The van der Waals surface area contributed by atoms with E-state index in [1.165, 1.54) is 5.39 Å². The number of hydrogen-bond acceptors (Lipinski definition) is 3. The Hall–Kier alpha value is -2.46. The second-order valence-electron chi connectivity index (χ2n) is 5.72. The van der Waals surface area contributed by atoms with E-state index >= 15 is 0 Å². The van der Waals surface area contributed by atoms with Crippen molar-refractivity contribution in [3.63, 3.8) is 0 Å². The minimum Gasteiger partial charge on any atom is -0.492 e. The maximum absolute atomic E-state index is 12.1. The lowest BCUT2D eigenvalue weighted by atomic mass is 10.1. The highest BCUT2D eigenvalue weighted by atomic mass is 32.2. The molecule has 0 aliphatic rings. The highest BCUT2D eigenvalue weighted by Crippen LogP contribution is 2.22. The minimum atomic E-state index is -0.136. The molecule has 0 spiro atoms. The van der Waals surface area contributed by atoms with Crippen LogP contribution in [-0.2, 0) is 4.79 Å². The van der Waals surface area contributed by atoms with E-state index in [4.69, 9.17) is 4.74 Å². The Kier molecular flexibility index (Phi) is 5.96. The Morgan fingerprint density at radius 3 is 2.52 bits per heavy atom. The summed E-state index contributed by atoms with van der Waals surface area (Å²) >= 11 is 1.55. The molecule has 3 aromatic rings. The molecule has 4 heteroatoms. The molecule has 0 aliphatic carbocycles. The van der Waals surface area contributed by atoms with Crippen LogP contribution in [0, 0.1) is 0 Å². The third kappa shape index (κ3) is 5.00. The van der Waals surface area contributed by atoms with Crippen molar-refractivity contribution >= 4 is 28.4 Å². The molecule has 0 aliphatic heterocycles. The monoisotopic (exact) mass is 351 g/mol. The summed E-state index contributed by atoms with van der Waals surface area (Å²) in [4.78, 5) is 13.2. The van der Waals surface area contributed by atoms with Crippen LogP contribution in [-0.4, -0.2) is 24.3 Å². The maximum Gasteiger partial charge on any atom is 0.233 e. The van der Waals surface area contributed by atoms with Crippen molar-refractivity contribution in [1.29, 1.82) is 0 Å². The summed E-state index contributed by atoms with van der Waals surface area (Å²) in [5, 5.41) is 5.13. The van der Waals surface area contributed by atoms with Gasteiger partial charge in [0, 0.05) is 4.90 Å². The number of nitrogens with one attached hydrogen (secondary N) is 1. The maximum atomic E-state index is 12.1. The fraction of sp³-hybridized carbons (Fsp3) is 0.190. The fourth-order valence-electron chi connectivity index (χ4n) is 2.50. The van der Waals surface area contributed by atoms with E-state index in [9.17, 15) is 4.79 Å². The van der Waals surface area contributed by atoms with E-state index in [1.54, 1.807) is 11.8 Å². The lowest BCUT2D eigenvalue weighted by molar-refractivity contribution is -0.120. The molecule has 0 fully saturated rings. The summed E-state index contributed by atoms with van der Waals surface area (Å²) in [5.41, 5.74) is 0. The van der Waals surface area contributed by atoms with Crippen LogP contribution in [0.5, 0.6) is 5.75 Å². The Balaban J connectivity index is 1.43. The third-order valence-corrected chi connectivity index (χ3v) is 4.93. The molecule has 0 radical (unpaired) electrons. The first-order valence-electron chi connectivity index (χ1n) is 8.33. The van der Waals surface area contributed by atoms with Gasteiger partial charge in [0.15, 0.2) is 0 Å². The number of carbonyl (C=O) groups excluding carboxylic acids is 1. The van der Waals surface area contributed by atoms with Gasteiger partial charge in [0.2, 0.25) is 5.91 Å². The van der Waals surface area contributed by atoms with Crippen LogP contribution < -0.4 is 10.1 Å². The molecule has 0 saturated carbocycles. The van der Waals surface area contributed by atoms with E-state index in [0.29, 0.717) is 13.2 Å². The van der Waals surface area contributed by atoms with Crippen molar-refractivity contribution in [2.45, 2.75) is 17.1 Å². The SMILES string of the molecule is C[C@@H](Sc1ccccc1)C(=O)NCCOc1ccc2ccccc2c1. The third-order valence-electron chi connectivity index (χ3n) is 3.82. The zero-order valence-corrected chi connectivity index (χ0v) is 15.0. The first-order chi connectivity index (χ1) is 12.2. The van der Waals surface area contributed by atoms with Crippen molar-refractivity contribution in [3.8, 4) is 5.75 Å². The van der Waals surface area contributed by atoms with Crippen molar-refractivity contribution < 1.29 is 9.53 Å². The van der Waals surface area contributed by atoms with Crippen LogP contribution in [0.1, 0.15) is 6.92 Å². The summed E-state index contributed by atoms with van der Waals surface area (Å²) in [6.45, 7) is 2.86. The molecule has 0 aromatic heterocycles. The van der Waals surface area contributed by atoms with Crippen LogP contribution in [0.2, 0.25) is 0 Å². The molecule has 1 amide bonds.